The molecule has 0 aliphatic carbocycles. The Morgan fingerprint density at radius 2 is 1.97 bits per heavy atom. The molecule has 3 rings (SSSR count). The van der Waals surface area contributed by atoms with Crippen LogP contribution in [0.4, 0.5) is 5.69 Å². The van der Waals surface area contributed by atoms with Crippen molar-refractivity contribution in [3.8, 4) is 5.75 Å². The molecule has 0 fully saturated rings. The predicted molar refractivity (Wildman–Crippen MR) is 114 cm³/mol. The van der Waals surface area contributed by atoms with E-state index in [1.54, 1.807) is 30.2 Å². The normalized spacial score (nSPS) is 14.6. The summed E-state index contributed by atoms with van der Waals surface area (Å²) in [4.78, 5) is 14.0. The lowest BCUT2D eigenvalue weighted by atomic mass is 10.0. The molecule has 1 atom stereocenters. The van der Waals surface area contributed by atoms with Crippen LogP contribution in [0.1, 0.15) is 49.4 Å². The van der Waals surface area contributed by atoms with Crippen molar-refractivity contribution >= 4 is 21.6 Å². The summed E-state index contributed by atoms with van der Waals surface area (Å²) < 4.78 is 34.2. The number of carbonyl (C=O) groups is 1. The van der Waals surface area contributed by atoms with Crippen LogP contribution in [0.5, 0.6) is 5.75 Å². The lowest BCUT2D eigenvalue weighted by Gasteiger charge is -2.20. The van der Waals surface area contributed by atoms with E-state index >= 15 is 0 Å². The first-order valence-electron chi connectivity index (χ1n) is 9.90. The first-order chi connectivity index (χ1) is 13.8. The van der Waals surface area contributed by atoms with Gasteiger partial charge in [-0.15, -0.1) is 0 Å². The predicted octanol–water partition coefficient (Wildman–Crippen LogP) is 3.73. The third kappa shape index (κ3) is 4.31. The largest absolute Gasteiger partial charge is 0.496 e. The Hall–Kier alpha value is -2.38. The summed E-state index contributed by atoms with van der Waals surface area (Å²) in [5, 5.41) is 0. The van der Waals surface area contributed by atoms with Crippen molar-refractivity contribution < 1.29 is 17.9 Å². The molecule has 2 aromatic carbocycles. The molecule has 0 aromatic heterocycles. The fourth-order valence-electron chi connectivity index (χ4n) is 3.76. The molecule has 156 valence electrons. The smallest absolute Gasteiger partial charge is 0.241 e. The Balaban J connectivity index is 1.85. The number of sulfonamides is 1. The van der Waals surface area contributed by atoms with Crippen molar-refractivity contribution in [1.29, 1.82) is 0 Å². The van der Waals surface area contributed by atoms with Crippen LogP contribution in [0.25, 0.3) is 0 Å². The Kier molecular flexibility index (Phi) is 6.29. The van der Waals surface area contributed by atoms with E-state index in [1.807, 2.05) is 39.0 Å². The van der Waals surface area contributed by atoms with Gasteiger partial charge in [0, 0.05) is 24.7 Å². The molecule has 1 aliphatic heterocycles. The molecule has 2 aromatic rings. The Bertz CT molecular complexity index is 1020. The van der Waals surface area contributed by atoms with Gasteiger partial charge >= 0.3 is 0 Å². The van der Waals surface area contributed by atoms with E-state index < -0.39 is 10.0 Å². The molecule has 1 unspecified atom stereocenters. The van der Waals surface area contributed by atoms with E-state index in [9.17, 15) is 13.2 Å². The highest BCUT2D eigenvalue weighted by atomic mass is 32.2. The maximum atomic E-state index is 13.0. The number of fused-ring (bicyclic) bond motifs is 1. The molecule has 1 N–H and O–H groups in total. The van der Waals surface area contributed by atoms with Gasteiger partial charge in [0.1, 0.15) is 5.75 Å². The minimum absolute atomic E-state index is 0.0541. The summed E-state index contributed by atoms with van der Waals surface area (Å²) in [5.41, 5.74) is 3.56. The second-order valence-corrected chi connectivity index (χ2v) is 8.96. The summed E-state index contributed by atoms with van der Waals surface area (Å²) in [6.07, 6.45) is 1.72. The van der Waals surface area contributed by atoms with Crippen LogP contribution in [0.2, 0.25) is 0 Å². The van der Waals surface area contributed by atoms with Crippen molar-refractivity contribution in [2.75, 3.05) is 18.6 Å². The number of aryl methyl sites for hydroxylation is 1. The van der Waals surface area contributed by atoms with Crippen molar-refractivity contribution in [1.82, 2.24) is 4.72 Å². The highest BCUT2D eigenvalue weighted by molar-refractivity contribution is 7.89. The van der Waals surface area contributed by atoms with Crippen molar-refractivity contribution in [3.05, 3.63) is 53.1 Å². The summed E-state index contributed by atoms with van der Waals surface area (Å²) >= 11 is 0. The van der Waals surface area contributed by atoms with E-state index in [1.165, 1.54) is 0 Å². The van der Waals surface area contributed by atoms with E-state index in [2.05, 4.69) is 4.72 Å². The van der Waals surface area contributed by atoms with Crippen LogP contribution in [-0.2, 0) is 21.2 Å². The minimum atomic E-state index is -3.70. The molecule has 6 nitrogen and oxygen atoms in total. The maximum absolute atomic E-state index is 13.0. The fourth-order valence-corrected chi connectivity index (χ4v) is 5.11. The van der Waals surface area contributed by atoms with Crippen LogP contribution >= 0.6 is 0 Å². The number of amides is 1. The zero-order chi connectivity index (χ0) is 21.2. The van der Waals surface area contributed by atoms with E-state index in [4.69, 9.17) is 4.74 Å². The average Bonchev–Trinajstić information content (AvgIpc) is 3.14. The number of hydrogen-bond acceptors (Lipinski definition) is 4. The van der Waals surface area contributed by atoms with Gasteiger partial charge in [0.05, 0.1) is 12.0 Å². The first-order valence-corrected chi connectivity index (χ1v) is 11.4. The van der Waals surface area contributed by atoms with E-state index in [0.29, 0.717) is 25.8 Å². The van der Waals surface area contributed by atoms with Gasteiger partial charge in [-0.2, -0.15) is 0 Å². The highest BCUT2D eigenvalue weighted by Gasteiger charge is 2.27. The van der Waals surface area contributed by atoms with Crippen LogP contribution in [0.3, 0.4) is 0 Å². The number of methoxy groups -OCH3 is 1. The van der Waals surface area contributed by atoms with Gasteiger partial charge in [0.2, 0.25) is 15.9 Å². The van der Waals surface area contributed by atoms with Gasteiger partial charge in [-0.25, -0.2) is 13.1 Å². The molecule has 0 saturated carbocycles. The number of hydrogen-bond donors (Lipinski definition) is 1. The van der Waals surface area contributed by atoms with Crippen LogP contribution in [0, 0.1) is 6.92 Å². The zero-order valence-electron chi connectivity index (χ0n) is 17.4. The second-order valence-electron chi connectivity index (χ2n) is 7.25. The summed E-state index contributed by atoms with van der Waals surface area (Å²) in [5.74, 6) is 0.828. The number of rotatable bonds is 7. The Labute approximate surface area is 172 Å². The standard InChI is InChI=1S/C22H28N2O4S/c1-5-19(16-7-10-21(28-4)15(3)13-16)23-29(26,27)18-8-9-20-17(14-18)11-12-24(20)22(25)6-2/h7-10,13-14,19,23H,5-6,11-12H2,1-4H3. The summed E-state index contributed by atoms with van der Waals surface area (Å²) in [6.45, 7) is 6.31. The molecule has 0 spiro atoms. The van der Waals surface area contributed by atoms with E-state index in [0.717, 1.165) is 28.1 Å². The average molecular weight is 417 g/mol. The third-order valence-corrected chi connectivity index (χ3v) is 6.86. The first kappa shape index (κ1) is 21.3. The molecule has 1 amide bonds. The number of benzene rings is 2. The molecule has 29 heavy (non-hydrogen) atoms. The molecule has 1 aliphatic rings. The lowest BCUT2D eigenvalue weighted by Crippen LogP contribution is -2.29. The molecule has 1 heterocycles. The Morgan fingerprint density at radius 3 is 2.59 bits per heavy atom. The van der Waals surface area contributed by atoms with Crippen molar-refractivity contribution in [2.45, 2.75) is 51.0 Å². The summed E-state index contributed by atoms with van der Waals surface area (Å²) in [6, 6.07) is 10.4. The lowest BCUT2D eigenvalue weighted by molar-refractivity contribution is -0.118. The summed E-state index contributed by atoms with van der Waals surface area (Å²) in [7, 11) is -2.08. The topological polar surface area (TPSA) is 75.7 Å². The quantitative estimate of drug-likeness (QED) is 0.746. The van der Waals surface area contributed by atoms with Gasteiger partial charge in [-0.05, 0) is 60.7 Å². The maximum Gasteiger partial charge on any atom is 0.241 e. The molecular formula is C22H28N2O4S. The van der Waals surface area contributed by atoms with Crippen LogP contribution in [-0.4, -0.2) is 28.0 Å². The molecular weight excluding hydrogens is 388 g/mol. The van der Waals surface area contributed by atoms with Crippen LogP contribution in [0.15, 0.2) is 41.3 Å². The second kappa shape index (κ2) is 8.55. The number of ether oxygens (including phenoxy) is 1. The number of nitrogens with zero attached hydrogens (tertiary/aromatic N) is 1. The number of anilines is 1. The van der Waals surface area contributed by atoms with Gasteiger partial charge in [0.15, 0.2) is 0 Å². The highest BCUT2D eigenvalue weighted by Crippen LogP contribution is 2.31. The zero-order valence-corrected chi connectivity index (χ0v) is 18.2. The SMILES string of the molecule is CCC(=O)N1CCc2cc(S(=O)(=O)NC(CC)c3ccc(OC)c(C)c3)ccc21. The van der Waals surface area contributed by atoms with Crippen molar-refractivity contribution in [2.24, 2.45) is 0 Å². The minimum Gasteiger partial charge on any atom is -0.496 e. The molecule has 0 bridgehead atoms. The molecule has 7 heteroatoms. The monoisotopic (exact) mass is 416 g/mol. The third-order valence-electron chi connectivity index (χ3n) is 5.39. The number of nitrogens with one attached hydrogen (secondary N) is 1. The molecule has 0 radical (unpaired) electrons. The van der Waals surface area contributed by atoms with Gasteiger partial charge in [-0.3, -0.25) is 4.79 Å². The Morgan fingerprint density at radius 1 is 1.21 bits per heavy atom. The van der Waals surface area contributed by atoms with Crippen molar-refractivity contribution in [3.63, 3.8) is 0 Å². The van der Waals surface area contributed by atoms with Gasteiger partial charge in [0.25, 0.3) is 0 Å². The van der Waals surface area contributed by atoms with E-state index in [-0.39, 0.29) is 16.8 Å². The van der Waals surface area contributed by atoms with Gasteiger partial charge in [-0.1, -0.05) is 26.0 Å². The molecule has 0 saturated heterocycles. The fraction of sp³-hybridized carbons (Fsp3) is 0.409. The van der Waals surface area contributed by atoms with Gasteiger partial charge < -0.3 is 9.64 Å². The van der Waals surface area contributed by atoms with Crippen LogP contribution < -0.4 is 14.4 Å². The number of carbonyl (C=O) groups excluding carboxylic acids is 1.